The predicted octanol–water partition coefficient (Wildman–Crippen LogP) is 3.40. The number of aryl methyl sites for hydroxylation is 1. The van der Waals surface area contributed by atoms with E-state index >= 15 is 0 Å². The standard InChI is InChI=1S/C11H8N2S2/c1-7-2-3-8-9(6-7)15-11-10(14-8)12-4-5-13-11/h2-6H,1H3. The Kier molecular flexibility index (Phi) is 2.18. The van der Waals surface area contributed by atoms with Gasteiger partial charge in [-0.05, 0) is 24.6 Å². The van der Waals surface area contributed by atoms with E-state index < -0.39 is 0 Å². The molecule has 0 N–H and O–H groups in total. The van der Waals surface area contributed by atoms with Gasteiger partial charge in [0.2, 0.25) is 0 Å². The highest BCUT2D eigenvalue weighted by molar-refractivity contribution is 8.05. The average Bonchev–Trinajstić information content (AvgIpc) is 2.26. The molecule has 0 spiro atoms. The molecule has 0 saturated heterocycles. The molecular weight excluding hydrogens is 224 g/mol. The second-order valence-corrected chi connectivity index (χ2v) is 5.38. The van der Waals surface area contributed by atoms with E-state index in [1.54, 1.807) is 35.9 Å². The summed E-state index contributed by atoms with van der Waals surface area (Å²) in [5.74, 6) is 0. The van der Waals surface area contributed by atoms with E-state index in [4.69, 9.17) is 0 Å². The van der Waals surface area contributed by atoms with Crippen molar-refractivity contribution < 1.29 is 0 Å². The number of fused-ring (bicyclic) bond motifs is 2. The van der Waals surface area contributed by atoms with Crippen molar-refractivity contribution in [2.45, 2.75) is 26.8 Å². The predicted molar refractivity (Wildman–Crippen MR) is 61.5 cm³/mol. The van der Waals surface area contributed by atoms with Gasteiger partial charge in [0.25, 0.3) is 0 Å². The molecule has 15 heavy (non-hydrogen) atoms. The van der Waals surface area contributed by atoms with Crippen LogP contribution in [-0.4, -0.2) is 9.97 Å². The summed E-state index contributed by atoms with van der Waals surface area (Å²) in [5.41, 5.74) is 1.29. The van der Waals surface area contributed by atoms with E-state index in [0.29, 0.717) is 0 Å². The van der Waals surface area contributed by atoms with Gasteiger partial charge in [-0.15, -0.1) is 0 Å². The van der Waals surface area contributed by atoms with Crippen LogP contribution in [0.15, 0.2) is 50.4 Å². The van der Waals surface area contributed by atoms with Gasteiger partial charge >= 0.3 is 0 Å². The van der Waals surface area contributed by atoms with Gasteiger partial charge in [0.1, 0.15) is 10.1 Å². The molecule has 1 aliphatic heterocycles. The third-order valence-electron chi connectivity index (χ3n) is 2.15. The second-order valence-electron chi connectivity index (χ2n) is 3.32. The smallest absolute Gasteiger partial charge is 0.133 e. The summed E-state index contributed by atoms with van der Waals surface area (Å²) in [6, 6.07) is 6.48. The van der Waals surface area contributed by atoms with Crippen LogP contribution in [0.25, 0.3) is 0 Å². The van der Waals surface area contributed by atoms with Gasteiger partial charge in [-0.2, -0.15) is 0 Å². The molecular formula is C11H8N2S2. The van der Waals surface area contributed by atoms with Crippen molar-refractivity contribution in [2.24, 2.45) is 0 Å². The zero-order valence-electron chi connectivity index (χ0n) is 8.10. The van der Waals surface area contributed by atoms with Crippen molar-refractivity contribution in [1.82, 2.24) is 9.97 Å². The van der Waals surface area contributed by atoms with E-state index in [2.05, 4.69) is 35.1 Å². The van der Waals surface area contributed by atoms with Gasteiger partial charge in [0, 0.05) is 22.2 Å². The Bertz CT molecular complexity index is 526. The van der Waals surface area contributed by atoms with Gasteiger partial charge in [0.05, 0.1) is 0 Å². The highest BCUT2D eigenvalue weighted by atomic mass is 32.2. The molecule has 0 saturated carbocycles. The van der Waals surface area contributed by atoms with Crippen LogP contribution in [0.4, 0.5) is 0 Å². The number of hydrogen-bond acceptors (Lipinski definition) is 4. The number of aromatic nitrogens is 2. The Labute approximate surface area is 96.5 Å². The maximum atomic E-state index is 4.33. The van der Waals surface area contributed by atoms with Crippen LogP contribution in [0.3, 0.4) is 0 Å². The van der Waals surface area contributed by atoms with Gasteiger partial charge in [-0.25, -0.2) is 9.97 Å². The Morgan fingerprint density at radius 3 is 2.33 bits per heavy atom. The molecule has 1 aromatic heterocycles. The molecule has 0 amide bonds. The van der Waals surface area contributed by atoms with Crippen molar-refractivity contribution in [1.29, 1.82) is 0 Å². The van der Waals surface area contributed by atoms with Crippen LogP contribution in [0.1, 0.15) is 5.56 Å². The SMILES string of the molecule is Cc1ccc2c(c1)Sc1nccnc1S2. The lowest BCUT2D eigenvalue weighted by atomic mass is 10.2. The summed E-state index contributed by atoms with van der Waals surface area (Å²) in [7, 11) is 0. The maximum absolute atomic E-state index is 4.33. The van der Waals surface area contributed by atoms with E-state index in [1.807, 2.05) is 0 Å². The molecule has 3 rings (SSSR count). The van der Waals surface area contributed by atoms with E-state index in [9.17, 15) is 0 Å². The first-order chi connectivity index (χ1) is 7.33. The molecule has 74 valence electrons. The molecule has 0 fully saturated rings. The lowest BCUT2D eigenvalue weighted by molar-refractivity contribution is 0.907. The summed E-state index contributed by atoms with van der Waals surface area (Å²) in [6.45, 7) is 2.11. The van der Waals surface area contributed by atoms with E-state index in [1.165, 1.54) is 15.4 Å². The second kappa shape index (κ2) is 3.54. The van der Waals surface area contributed by atoms with Gasteiger partial charge in [0.15, 0.2) is 0 Å². The third-order valence-corrected chi connectivity index (χ3v) is 4.52. The Morgan fingerprint density at radius 1 is 0.933 bits per heavy atom. The summed E-state index contributed by atoms with van der Waals surface area (Å²) in [4.78, 5) is 11.2. The Morgan fingerprint density at radius 2 is 1.60 bits per heavy atom. The largest absolute Gasteiger partial charge is 0.245 e. The van der Waals surface area contributed by atoms with Crippen molar-refractivity contribution in [3.05, 3.63) is 36.2 Å². The van der Waals surface area contributed by atoms with Crippen LogP contribution < -0.4 is 0 Å². The molecule has 1 aliphatic rings. The number of rotatable bonds is 0. The molecule has 2 heterocycles. The molecule has 0 radical (unpaired) electrons. The molecule has 0 aliphatic carbocycles. The Hall–Kier alpha value is -1.00. The molecule has 0 unspecified atom stereocenters. The minimum atomic E-state index is 1.01. The summed E-state index contributed by atoms with van der Waals surface area (Å²) in [5, 5.41) is 2.03. The fraction of sp³-hybridized carbons (Fsp3) is 0.0909. The fourth-order valence-electron chi connectivity index (χ4n) is 1.44. The first-order valence-electron chi connectivity index (χ1n) is 4.60. The fourth-order valence-corrected chi connectivity index (χ4v) is 3.57. The van der Waals surface area contributed by atoms with E-state index in [-0.39, 0.29) is 0 Å². The van der Waals surface area contributed by atoms with E-state index in [0.717, 1.165) is 10.1 Å². The normalized spacial score (nSPS) is 13.1. The van der Waals surface area contributed by atoms with Gasteiger partial charge in [-0.1, -0.05) is 29.6 Å². The minimum Gasteiger partial charge on any atom is -0.245 e. The first kappa shape index (κ1) is 9.24. The zero-order valence-corrected chi connectivity index (χ0v) is 9.73. The monoisotopic (exact) mass is 232 g/mol. The van der Waals surface area contributed by atoms with Crippen LogP contribution in [-0.2, 0) is 0 Å². The summed E-state index contributed by atoms with van der Waals surface area (Å²) >= 11 is 3.40. The molecule has 0 bridgehead atoms. The van der Waals surface area contributed by atoms with Crippen LogP contribution in [0.5, 0.6) is 0 Å². The molecule has 0 atom stereocenters. The first-order valence-corrected chi connectivity index (χ1v) is 6.23. The summed E-state index contributed by atoms with van der Waals surface area (Å²) < 4.78 is 0. The summed E-state index contributed by atoms with van der Waals surface area (Å²) in [6.07, 6.45) is 3.48. The van der Waals surface area contributed by atoms with Crippen molar-refractivity contribution in [3.8, 4) is 0 Å². The maximum Gasteiger partial charge on any atom is 0.133 e. The quantitative estimate of drug-likeness (QED) is 0.593. The Balaban J connectivity index is 2.11. The number of benzene rings is 1. The topological polar surface area (TPSA) is 25.8 Å². The van der Waals surface area contributed by atoms with Crippen LogP contribution in [0, 0.1) is 6.92 Å². The molecule has 2 nitrogen and oxygen atoms in total. The zero-order chi connectivity index (χ0) is 10.3. The lowest BCUT2D eigenvalue weighted by Crippen LogP contribution is -1.94. The van der Waals surface area contributed by atoms with Crippen LogP contribution in [0.2, 0.25) is 0 Å². The van der Waals surface area contributed by atoms with Crippen molar-refractivity contribution >= 4 is 23.5 Å². The molecule has 4 heteroatoms. The third kappa shape index (κ3) is 1.64. The number of hydrogen-bond donors (Lipinski definition) is 0. The average molecular weight is 232 g/mol. The lowest BCUT2D eigenvalue weighted by Gasteiger charge is -2.15. The van der Waals surface area contributed by atoms with Gasteiger partial charge in [-0.3, -0.25) is 0 Å². The van der Waals surface area contributed by atoms with Crippen molar-refractivity contribution in [2.75, 3.05) is 0 Å². The molecule has 1 aromatic carbocycles. The van der Waals surface area contributed by atoms with Crippen LogP contribution >= 0.6 is 23.5 Å². The van der Waals surface area contributed by atoms with Gasteiger partial charge < -0.3 is 0 Å². The highest BCUT2D eigenvalue weighted by Crippen LogP contribution is 2.46. The number of nitrogens with zero attached hydrogens (tertiary/aromatic N) is 2. The van der Waals surface area contributed by atoms with Crippen molar-refractivity contribution in [3.63, 3.8) is 0 Å². The highest BCUT2D eigenvalue weighted by Gasteiger charge is 2.18. The molecule has 2 aromatic rings. The minimum absolute atomic E-state index is 1.01.